The Morgan fingerprint density at radius 2 is 1.95 bits per heavy atom. The number of carboxylic acids is 1. The highest BCUT2D eigenvalue weighted by Crippen LogP contribution is 2.25. The number of aromatic carboxylic acids is 1. The fraction of sp³-hybridized carbons (Fsp3) is 0.0667. The fourth-order valence-electron chi connectivity index (χ4n) is 1.98. The highest BCUT2D eigenvalue weighted by molar-refractivity contribution is 5.92. The highest BCUT2D eigenvalue weighted by atomic mass is 16.4. The third-order valence-corrected chi connectivity index (χ3v) is 2.93. The molecule has 2 heterocycles. The minimum atomic E-state index is -1.28. The minimum absolute atomic E-state index is 0.00297. The van der Waals surface area contributed by atoms with Gasteiger partial charge in [-0.05, 0) is 31.2 Å². The van der Waals surface area contributed by atoms with Gasteiger partial charge in [-0.1, -0.05) is 18.2 Å². The Morgan fingerprint density at radius 3 is 2.55 bits per heavy atom. The number of furan rings is 1. The van der Waals surface area contributed by atoms with E-state index >= 15 is 0 Å². The smallest absolute Gasteiger partial charge is 0.155 e. The lowest BCUT2D eigenvalue weighted by molar-refractivity contribution is -0.254. The van der Waals surface area contributed by atoms with Gasteiger partial charge < -0.3 is 14.3 Å². The second-order valence-electron chi connectivity index (χ2n) is 4.37. The summed E-state index contributed by atoms with van der Waals surface area (Å²) < 4.78 is 6.94. The number of hydrogen-bond acceptors (Lipinski definition) is 4. The second kappa shape index (κ2) is 4.70. The van der Waals surface area contributed by atoms with Crippen molar-refractivity contribution in [2.45, 2.75) is 6.92 Å². The zero-order valence-corrected chi connectivity index (χ0v) is 10.7. The van der Waals surface area contributed by atoms with Crippen LogP contribution in [0.1, 0.15) is 16.1 Å². The molecule has 0 N–H and O–H groups in total. The first-order chi connectivity index (χ1) is 9.65. The molecule has 1 aromatic carbocycles. The Labute approximate surface area is 115 Å². The van der Waals surface area contributed by atoms with Gasteiger partial charge in [0.05, 0.1) is 11.7 Å². The molecule has 0 saturated carbocycles. The van der Waals surface area contributed by atoms with Gasteiger partial charge in [0.15, 0.2) is 5.76 Å². The van der Waals surface area contributed by atoms with Gasteiger partial charge in [0.1, 0.15) is 11.5 Å². The summed E-state index contributed by atoms with van der Waals surface area (Å²) >= 11 is 0. The van der Waals surface area contributed by atoms with Crippen LogP contribution in [0.5, 0.6) is 0 Å². The van der Waals surface area contributed by atoms with Crippen LogP contribution >= 0.6 is 0 Å². The Balaban J connectivity index is 2.15. The van der Waals surface area contributed by atoms with Gasteiger partial charge in [0, 0.05) is 11.8 Å². The molecule has 20 heavy (non-hydrogen) atoms. The number of para-hydroxylation sites is 1. The molecule has 0 aliphatic rings. The molecule has 100 valence electrons. The zero-order chi connectivity index (χ0) is 14.1. The van der Waals surface area contributed by atoms with Crippen molar-refractivity contribution in [3.05, 3.63) is 60.0 Å². The van der Waals surface area contributed by atoms with Gasteiger partial charge in [-0.3, -0.25) is 0 Å². The number of aromatic nitrogens is 2. The SMILES string of the molecule is Cc1ccc(-c2nn(-c3ccccc3)cc2C(=O)[O-])o1. The number of carbonyl (C=O) groups is 1. The molecule has 0 aliphatic carbocycles. The molecule has 0 unspecified atom stereocenters. The molecule has 5 nitrogen and oxygen atoms in total. The second-order valence-corrected chi connectivity index (χ2v) is 4.37. The summed E-state index contributed by atoms with van der Waals surface area (Å²) in [6.45, 7) is 1.79. The maximum atomic E-state index is 11.2. The first kappa shape index (κ1) is 12.2. The molecule has 5 heteroatoms. The van der Waals surface area contributed by atoms with Crippen LogP contribution in [0.15, 0.2) is 53.1 Å². The van der Waals surface area contributed by atoms with Crippen LogP contribution < -0.4 is 5.11 Å². The van der Waals surface area contributed by atoms with E-state index in [2.05, 4.69) is 5.10 Å². The lowest BCUT2D eigenvalue weighted by Crippen LogP contribution is -2.22. The van der Waals surface area contributed by atoms with Crippen LogP contribution in [0.2, 0.25) is 0 Å². The van der Waals surface area contributed by atoms with E-state index in [4.69, 9.17) is 4.42 Å². The Morgan fingerprint density at radius 1 is 1.20 bits per heavy atom. The monoisotopic (exact) mass is 267 g/mol. The van der Waals surface area contributed by atoms with Crippen molar-refractivity contribution in [2.24, 2.45) is 0 Å². The van der Waals surface area contributed by atoms with Crippen molar-refractivity contribution in [3.63, 3.8) is 0 Å². The van der Waals surface area contributed by atoms with Crippen LogP contribution in [0.3, 0.4) is 0 Å². The fourth-order valence-corrected chi connectivity index (χ4v) is 1.98. The number of hydrogen-bond donors (Lipinski definition) is 0. The summed E-state index contributed by atoms with van der Waals surface area (Å²) in [5, 5.41) is 15.5. The molecule has 0 saturated heterocycles. The van der Waals surface area contributed by atoms with E-state index in [1.54, 1.807) is 19.1 Å². The number of carboxylic acid groups (broad SMARTS) is 1. The van der Waals surface area contributed by atoms with E-state index in [0.29, 0.717) is 11.5 Å². The van der Waals surface area contributed by atoms with Crippen molar-refractivity contribution in [1.29, 1.82) is 0 Å². The summed E-state index contributed by atoms with van der Waals surface area (Å²) in [7, 11) is 0. The van der Waals surface area contributed by atoms with E-state index < -0.39 is 5.97 Å². The number of rotatable bonds is 3. The number of aryl methyl sites for hydroxylation is 1. The van der Waals surface area contributed by atoms with Crippen molar-refractivity contribution in [2.75, 3.05) is 0 Å². The molecule has 0 atom stereocenters. The lowest BCUT2D eigenvalue weighted by atomic mass is 10.2. The first-order valence-electron chi connectivity index (χ1n) is 6.08. The van der Waals surface area contributed by atoms with Gasteiger partial charge >= 0.3 is 0 Å². The largest absolute Gasteiger partial charge is 0.545 e. The standard InChI is InChI=1S/C15H12N2O3/c1-10-7-8-13(20-10)14-12(15(18)19)9-17(16-14)11-5-3-2-4-6-11/h2-9H,1H3,(H,18,19)/p-1. The maximum absolute atomic E-state index is 11.2. The van der Waals surface area contributed by atoms with Crippen LogP contribution in [0.25, 0.3) is 17.1 Å². The number of benzene rings is 1. The molecule has 0 fully saturated rings. The number of carbonyl (C=O) groups excluding carboxylic acids is 1. The van der Waals surface area contributed by atoms with Crippen LogP contribution in [-0.4, -0.2) is 15.7 Å². The molecule has 0 spiro atoms. The Bertz CT molecular complexity index is 757. The third kappa shape index (κ3) is 2.09. The zero-order valence-electron chi connectivity index (χ0n) is 10.7. The lowest BCUT2D eigenvalue weighted by Gasteiger charge is -1.99. The van der Waals surface area contributed by atoms with Gasteiger partial charge in [-0.2, -0.15) is 5.10 Å². The molecule has 3 aromatic rings. The molecule has 2 aromatic heterocycles. The molecule has 0 amide bonds. The van der Waals surface area contributed by atoms with Crippen LogP contribution in [0.4, 0.5) is 0 Å². The van der Waals surface area contributed by atoms with Gasteiger partial charge in [0.25, 0.3) is 0 Å². The Kier molecular flexibility index (Phi) is 2.87. The summed E-state index contributed by atoms with van der Waals surface area (Å²) in [5.41, 5.74) is 1.04. The molecule has 0 aliphatic heterocycles. The Hall–Kier alpha value is -2.82. The summed E-state index contributed by atoms with van der Waals surface area (Å²) in [6.07, 6.45) is 1.43. The average Bonchev–Trinajstić information content (AvgIpc) is 3.05. The van der Waals surface area contributed by atoms with Gasteiger partial charge in [0.2, 0.25) is 0 Å². The summed E-state index contributed by atoms with van der Waals surface area (Å²) in [5.74, 6) is -0.175. The van der Waals surface area contributed by atoms with Gasteiger partial charge in [-0.25, -0.2) is 4.68 Å². The average molecular weight is 267 g/mol. The summed E-state index contributed by atoms with van der Waals surface area (Å²) in [4.78, 5) is 11.2. The third-order valence-electron chi connectivity index (χ3n) is 2.93. The van der Waals surface area contributed by atoms with E-state index in [0.717, 1.165) is 5.69 Å². The van der Waals surface area contributed by atoms with Crippen molar-refractivity contribution in [3.8, 4) is 17.1 Å². The molecular weight excluding hydrogens is 256 g/mol. The molecule has 3 rings (SSSR count). The number of nitrogens with zero attached hydrogens (tertiary/aromatic N) is 2. The van der Waals surface area contributed by atoms with E-state index in [1.165, 1.54) is 10.9 Å². The molecule has 0 radical (unpaired) electrons. The molecular formula is C15H11N2O3-. The van der Waals surface area contributed by atoms with Gasteiger partial charge in [-0.15, -0.1) is 0 Å². The predicted octanol–water partition coefficient (Wildman–Crippen LogP) is 1.80. The van der Waals surface area contributed by atoms with E-state index in [1.807, 2.05) is 30.3 Å². The van der Waals surface area contributed by atoms with Crippen molar-refractivity contribution < 1.29 is 14.3 Å². The molecule has 0 bridgehead atoms. The maximum Gasteiger partial charge on any atom is 0.155 e. The first-order valence-corrected chi connectivity index (χ1v) is 6.08. The summed E-state index contributed by atoms with van der Waals surface area (Å²) in [6, 6.07) is 12.7. The van der Waals surface area contributed by atoms with Crippen LogP contribution in [-0.2, 0) is 0 Å². The minimum Gasteiger partial charge on any atom is -0.545 e. The van der Waals surface area contributed by atoms with Crippen LogP contribution in [0, 0.1) is 6.92 Å². The van der Waals surface area contributed by atoms with Crippen molar-refractivity contribution in [1.82, 2.24) is 9.78 Å². The quantitative estimate of drug-likeness (QED) is 0.725. The van der Waals surface area contributed by atoms with E-state index in [9.17, 15) is 9.90 Å². The van der Waals surface area contributed by atoms with Crippen molar-refractivity contribution >= 4 is 5.97 Å². The van der Waals surface area contributed by atoms with E-state index in [-0.39, 0.29) is 11.3 Å². The topological polar surface area (TPSA) is 71.1 Å². The predicted molar refractivity (Wildman–Crippen MR) is 70.3 cm³/mol. The normalized spacial score (nSPS) is 10.7. The highest BCUT2D eigenvalue weighted by Gasteiger charge is 2.15.